The van der Waals surface area contributed by atoms with Gasteiger partial charge in [0.1, 0.15) is 6.54 Å². The van der Waals surface area contributed by atoms with Gasteiger partial charge in [-0.2, -0.15) is 10.4 Å². The molecule has 0 aliphatic carbocycles. The Labute approximate surface area is 79.9 Å². The maximum atomic E-state index is 8.45. The van der Waals surface area contributed by atoms with E-state index in [0.29, 0.717) is 6.54 Å². The lowest BCUT2D eigenvalue weighted by molar-refractivity contribution is 0.710. The van der Waals surface area contributed by atoms with E-state index >= 15 is 0 Å². The smallest absolute Gasteiger partial charge is 0.128 e. The van der Waals surface area contributed by atoms with Gasteiger partial charge in [-0.25, -0.2) is 0 Å². The number of thiophene rings is 1. The summed E-state index contributed by atoms with van der Waals surface area (Å²) in [6.45, 7) is 0.311. The Morgan fingerprint density at radius 2 is 2.54 bits per heavy atom. The summed E-state index contributed by atoms with van der Waals surface area (Å²) >= 11 is 1.67. The van der Waals surface area contributed by atoms with Gasteiger partial charge in [0.25, 0.3) is 0 Å². The molecular formula is C9H7N3S. The van der Waals surface area contributed by atoms with E-state index in [0.717, 1.165) is 5.56 Å². The Balaban J connectivity index is 2.29. The molecule has 2 rings (SSSR count). The van der Waals surface area contributed by atoms with Crippen LogP contribution in [0.4, 0.5) is 0 Å². The second-order valence-corrected chi connectivity index (χ2v) is 3.51. The number of rotatable bonds is 2. The summed E-state index contributed by atoms with van der Waals surface area (Å²) in [5.41, 5.74) is 1.07. The molecule has 0 fully saturated rings. The third kappa shape index (κ3) is 1.60. The molecule has 0 N–H and O–H groups in total. The van der Waals surface area contributed by atoms with Crippen molar-refractivity contribution >= 4 is 11.3 Å². The molecule has 2 heterocycles. The van der Waals surface area contributed by atoms with Crippen LogP contribution in [0.1, 0.15) is 0 Å². The molecule has 0 radical (unpaired) electrons. The van der Waals surface area contributed by atoms with E-state index < -0.39 is 0 Å². The maximum Gasteiger partial charge on any atom is 0.128 e. The first-order valence-corrected chi connectivity index (χ1v) is 4.71. The van der Waals surface area contributed by atoms with E-state index in [2.05, 4.69) is 5.10 Å². The Kier molecular flexibility index (Phi) is 2.11. The average Bonchev–Trinajstić information content (AvgIpc) is 2.70. The molecule has 3 nitrogen and oxygen atoms in total. The van der Waals surface area contributed by atoms with E-state index in [1.165, 1.54) is 4.88 Å². The van der Waals surface area contributed by atoms with Crippen molar-refractivity contribution in [3.05, 3.63) is 29.9 Å². The molecule has 0 aliphatic rings. The topological polar surface area (TPSA) is 41.6 Å². The third-order valence-corrected chi connectivity index (χ3v) is 2.59. The Morgan fingerprint density at radius 3 is 3.23 bits per heavy atom. The van der Waals surface area contributed by atoms with Crippen LogP contribution in [0, 0.1) is 11.3 Å². The summed E-state index contributed by atoms with van der Waals surface area (Å²) < 4.78 is 1.63. The standard InChI is InChI=1S/C9H7N3S/c10-3-4-12-7-8(6-11-12)9-2-1-5-13-9/h1-2,5-7H,4H2. The Bertz CT molecular complexity index is 422. The maximum absolute atomic E-state index is 8.45. The summed E-state index contributed by atoms with van der Waals surface area (Å²) in [6, 6.07) is 6.09. The van der Waals surface area contributed by atoms with Crippen LogP contribution in [-0.4, -0.2) is 9.78 Å². The molecule has 2 aromatic rings. The summed E-state index contributed by atoms with van der Waals surface area (Å²) in [5, 5.41) is 14.5. The van der Waals surface area contributed by atoms with Gasteiger partial charge in [0.05, 0.1) is 12.3 Å². The molecule has 0 atom stereocenters. The molecule has 2 aromatic heterocycles. The summed E-state index contributed by atoms with van der Waals surface area (Å²) in [5.74, 6) is 0. The van der Waals surface area contributed by atoms with Gasteiger partial charge in [-0.05, 0) is 11.4 Å². The molecular weight excluding hydrogens is 182 g/mol. The highest BCUT2D eigenvalue weighted by Gasteiger charge is 2.01. The second kappa shape index (κ2) is 3.42. The summed E-state index contributed by atoms with van der Waals surface area (Å²) in [7, 11) is 0. The average molecular weight is 189 g/mol. The zero-order chi connectivity index (χ0) is 9.10. The number of hydrogen-bond donors (Lipinski definition) is 0. The zero-order valence-electron chi connectivity index (χ0n) is 6.84. The third-order valence-electron chi connectivity index (χ3n) is 1.67. The zero-order valence-corrected chi connectivity index (χ0v) is 7.66. The predicted molar refractivity (Wildman–Crippen MR) is 51.2 cm³/mol. The molecule has 0 aromatic carbocycles. The largest absolute Gasteiger partial charge is 0.258 e. The first kappa shape index (κ1) is 8.02. The van der Waals surface area contributed by atoms with Crippen LogP contribution in [0.15, 0.2) is 29.9 Å². The SMILES string of the molecule is N#CCn1cc(-c2cccs2)cn1. The van der Waals surface area contributed by atoms with Crippen LogP contribution >= 0.6 is 11.3 Å². The molecule has 64 valence electrons. The number of aromatic nitrogens is 2. The molecule has 13 heavy (non-hydrogen) atoms. The molecule has 0 bridgehead atoms. The minimum atomic E-state index is 0.311. The predicted octanol–water partition coefficient (Wildman–Crippen LogP) is 2.14. The number of nitrogens with zero attached hydrogens (tertiary/aromatic N) is 3. The van der Waals surface area contributed by atoms with Crippen LogP contribution in [0.5, 0.6) is 0 Å². The van der Waals surface area contributed by atoms with Crippen molar-refractivity contribution in [2.45, 2.75) is 6.54 Å². The van der Waals surface area contributed by atoms with Gasteiger partial charge in [0, 0.05) is 16.6 Å². The van der Waals surface area contributed by atoms with Crippen molar-refractivity contribution in [1.82, 2.24) is 9.78 Å². The quantitative estimate of drug-likeness (QED) is 0.726. The molecule has 4 heteroatoms. The highest BCUT2D eigenvalue weighted by molar-refractivity contribution is 7.13. The van der Waals surface area contributed by atoms with Gasteiger partial charge < -0.3 is 0 Å². The van der Waals surface area contributed by atoms with Gasteiger partial charge in [0.2, 0.25) is 0 Å². The molecule has 0 aliphatic heterocycles. The monoisotopic (exact) mass is 189 g/mol. The van der Waals surface area contributed by atoms with Crippen LogP contribution in [0.25, 0.3) is 10.4 Å². The Hall–Kier alpha value is -1.60. The highest BCUT2D eigenvalue weighted by atomic mass is 32.1. The van der Waals surface area contributed by atoms with Gasteiger partial charge in [-0.1, -0.05) is 6.07 Å². The normalized spacial score (nSPS) is 9.77. The lowest BCUT2D eigenvalue weighted by Gasteiger charge is -1.89. The van der Waals surface area contributed by atoms with Crippen LogP contribution in [0.3, 0.4) is 0 Å². The second-order valence-electron chi connectivity index (χ2n) is 2.56. The molecule has 0 saturated heterocycles. The fourth-order valence-electron chi connectivity index (χ4n) is 1.09. The number of hydrogen-bond acceptors (Lipinski definition) is 3. The molecule has 0 saturated carbocycles. The van der Waals surface area contributed by atoms with Gasteiger partial charge >= 0.3 is 0 Å². The van der Waals surface area contributed by atoms with Crippen molar-refractivity contribution in [2.75, 3.05) is 0 Å². The van der Waals surface area contributed by atoms with Gasteiger partial charge in [-0.3, -0.25) is 4.68 Å². The Morgan fingerprint density at radius 1 is 1.62 bits per heavy atom. The van der Waals surface area contributed by atoms with Gasteiger partial charge in [0.15, 0.2) is 0 Å². The van der Waals surface area contributed by atoms with E-state index in [-0.39, 0.29) is 0 Å². The lowest BCUT2D eigenvalue weighted by Crippen LogP contribution is -1.93. The van der Waals surface area contributed by atoms with E-state index in [1.54, 1.807) is 22.2 Å². The molecule has 0 spiro atoms. The van der Waals surface area contributed by atoms with Crippen molar-refractivity contribution in [2.24, 2.45) is 0 Å². The minimum Gasteiger partial charge on any atom is -0.258 e. The fraction of sp³-hybridized carbons (Fsp3) is 0.111. The number of nitriles is 1. The summed E-state index contributed by atoms with van der Waals surface area (Å²) in [4.78, 5) is 1.18. The van der Waals surface area contributed by atoms with Crippen molar-refractivity contribution in [3.63, 3.8) is 0 Å². The fourth-order valence-corrected chi connectivity index (χ4v) is 1.79. The highest BCUT2D eigenvalue weighted by Crippen LogP contribution is 2.23. The van der Waals surface area contributed by atoms with E-state index in [4.69, 9.17) is 5.26 Å². The van der Waals surface area contributed by atoms with E-state index in [1.807, 2.05) is 29.8 Å². The first-order chi connectivity index (χ1) is 6.40. The first-order valence-electron chi connectivity index (χ1n) is 3.83. The molecule has 0 amide bonds. The van der Waals surface area contributed by atoms with Crippen LogP contribution in [0.2, 0.25) is 0 Å². The lowest BCUT2D eigenvalue weighted by atomic mass is 10.3. The molecule has 0 unspecified atom stereocenters. The van der Waals surface area contributed by atoms with Crippen molar-refractivity contribution in [3.8, 4) is 16.5 Å². The van der Waals surface area contributed by atoms with Crippen LogP contribution < -0.4 is 0 Å². The minimum absolute atomic E-state index is 0.311. The van der Waals surface area contributed by atoms with Crippen molar-refractivity contribution < 1.29 is 0 Å². The summed E-state index contributed by atoms with van der Waals surface area (Å²) in [6.07, 6.45) is 3.66. The van der Waals surface area contributed by atoms with Crippen molar-refractivity contribution in [1.29, 1.82) is 5.26 Å². The van der Waals surface area contributed by atoms with Crippen LogP contribution in [-0.2, 0) is 6.54 Å². The van der Waals surface area contributed by atoms with E-state index in [9.17, 15) is 0 Å². The van der Waals surface area contributed by atoms with Gasteiger partial charge in [-0.15, -0.1) is 11.3 Å².